The monoisotopic (exact) mass is 282 g/mol. The fraction of sp³-hybridized carbons (Fsp3) is 0.625. The highest BCUT2D eigenvalue weighted by Crippen LogP contribution is 2.41. The van der Waals surface area contributed by atoms with Crippen LogP contribution in [0.15, 0.2) is 12.1 Å². The first-order chi connectivity index (χ1) is 9.76. The van der Waals surface area contributed by atoms with Crippen LogP contribution in [0.5, 0.6) is 23.0 Å². The van der Waals surface area contributed by atoms with Crippen molar-refractivity contribution >= 4 is 0 Å². The molecule has 114 valence electrons. The average molecular weight is 282 g/mol. The smallest absolute Gasteiger partial charge is 0.203 e. The standard InChI is InChI=1S/C16H26O4/c1-5-9-10-20-13-11-14(17-6-2)16(19-8-4)15(12-13)18-7-3/h11-12H,5-10H2,1-4H3. The second-order valence-corrected chi connectivity index (χ2v) is 4.25. The highest BCUT2D eigenvalue weighted by molar-refractivity contribution is 5.56. The third-order valence-corrected chi connectivity index (χ3v) is 2.65. The van der Waals surface area contributed by atoms with Crippen LogP contribution in [0.2, 0.25) is 0 Å². The molecule has 0 amide bonds. The molecule has 0 radical (unpaired) electrons. The molecule has 0 aromatic heterocycles. The molecule has 1 aromatic rings. The van der Waals surface area contributed by atoms with Crippen LogP contribution in [-0.4, -0.2) is 26.4 Å². The van der Waals surface area contributed by atoms with Gasteiger partial charge in [0.05, 0.1) is 26.4 Å². The molecule has 4 heteroatoms. The van der Waals surface area contributed by atoms with E-state index >= 15 is 0 Å². The van der Waals surface area contributed by atoms with Gasteiger partial charge in [-0.05, 0) is 27.2 Å². The van der Waals surface area contributed by atoms with E-state index in [-0.39, 0.29) is 0 Å². The van der Waals surface area contributed by atoms with Gasteiger partial charge in [0.25, 0.3) is 0 Å². The molecule has 0 heterocycles. The van der Waals surface area contributed by atoms with Crippen molar-refractivity contribution in [3.05, 3.63) is 12.1 Å². The number of hydrogen-bond acceptors (Lipinski definition) is 4. The van der Waals surface area contributed by atoms with E-state index in [1.165, 1.54) is 0 Å². The van der Waals surface area contributed by atoms with Crippen LogP contribution < -0.4 is 18.9 Å². The van der Waals surface area contributed by atoms with Crippen molar-refractivity contribution in [2.45, 2.75) is 40.5 Å². The van der Waals surface area contributed by atoms with Crippen LogP contribution in [0, 0.1) is 0 Å². The minimum absolute atomic E-state index is 0.566. The molecule has 0 atom stereocenters. The summed E-state index contributed by atoms with van der Waals surface area (Å²) in [6.07, 6.45) is 2.13. The summed E-state index contributed by atoms with van der Waals surface area (Å²) in [5.41, 5.74) is 0. The maximum Gasteiger partial charge on any atom is 0.203 e. The van der Waals surface area contributed by atoms with Gasteiger partial charge in [0.15, 0.2) is 11.5 Å². The van der Waals surface area contributed by atoms with Crippen molar-refractivity contribution in [2.75, 3.05) is 26.4 Å². The zero-order valence-corrected chi connectivity index (χ0v) is 13.0. The third kappa shape index (κ3) is 4.83. The SMILES string of the molecule is CCCCOc1cc(OCC)c(OCC)c(OCC)c1. The zero-order chi connectivity index (χ0) is 14.8. The molecule has 0 aliphatic heterocycles. The lowest BCUT2D eigenvalue weighted by molar-refractivity contribution is 0.254. The van der Waals surface area contributed by atoms with Gasteiger partial charge in [-0.2, -0.15) is 0 Å². The summed E-state index contributed by atoms with van der Waals surface area (Å²) in [7, 11) is 0. The maximum absolute atomic E-state index is 5.74. The van der Waals surface area contributed by atoms with Crippen molar-refractivity contribution in [1.29, 1.82) is 0 Å². The fourth-order valence-electron chi connectivity index (χ4n) is 1.78. The predicted octanol–water partition coefficient (Wildman–Crippen LogP) is 4.06. The number of rotatable bonds is 10. The van der Waals surface area contributed by atoms with E-state index in [0.29, 0.717) is 43.7 Å². The van der Waals surface area contributed by atoms with Gasteiger partial charge in [0, 0.05) is 12.1 Å². The Morgan fingerprint density at radius 3 is 1.75 bits per heavy atom. The molecular formula is C16H26O4. The van der Waals surface area contributed by atoms with Crippen LogP contribution in [0.25, 0.3) is 0 Å². The maximum atomic E-state index is 5.74. The van der Waals surface area contributed by atoms with Crippen LogP contribution in [0.1, 0.15) is 40.5 Å². The summed E-state index contributed by atoms with van der Waals surface area (Å²) < 4.78 is 22.7. The normalized spacial score (nSPS) is 10.2. The van der Waals surface area contributed by atoms with E-state index in [2.05, 4.69) is 6.92 Å². The van der Waals surface area contributed by atoms with Gasteiger partial charge in [-0.1, -0.05) is 13.3 Å². The first kappa shape index (κ1) is 16.5. The van der Waals surface area contributed by atoms with E-state index in [0.717, 1.165) is 18.6 Å². The van der Waals surface area contributed by atoms with Crippen LogP contribution in [0.3, 0.4) is 0 Å². The Balaban J connectivity index is 3.01. The molecule has 0 spiro atoms. The lowest BCUT2D eigenvalue weighted by Crippen LogP contribution is -2.04. The fourth-order valence-corrected chi connectivity index (χ4v) is 1.78. The Morgan fingerprint density at radius 2 is 1.30 bits per heavy atom. The Hall–Kier alpha value is -1.58. The lowest BCUT2D eigenvalue weighted by Gasteiger charge is -2.17. The van der Waals surface area contributed by atoms with Crippen LogP contribution >= 0.6 is 0 Å². The van der Waals surface area contributed by atoms with Crippen molar-refractivity contribution in [1.82, 2.24) is 0 Å². The number of ether oxygens (including phenoxy) is 4. The zero-order valence-electron chi connectivity index (χ0n) is 13.0. The molecule has 4 nitrogen and oxygen atoms in total. The minimum atomic E-state index is 0.566. The van der Waals surface area contributed by atoms with E-state index in [1.807, 2.05) is 32.9 Å². The van der Waals surface area contributed by atoms with Gasteiger partial charge in [0.2, 0.25) is 5.75 Å². The van der Waals surface area contributed by atoms with Gasteiger partial charge in [0.1, 0.15) is 5.75 Å². The van der Waals surface area contributed by atoms with Crippen LogP contribution in [-0.2, 0) is 0 Å². The molecule has 0 N–H and O–H groups in total. The van der Waals surface area contributed by atoms with E-state index in [9.17, 15) is 0 Å². The summed E-state index contributed by atoms with van der Waals surface area (Å²) in [4.78, 5) is 0. The average Bonchev–Trinajstić information content (AvgIpc) is 2.43. The highest BCUT2D eigenvalue weighted by Gasteiger charge is 2.15. The molecule has 0 saturated heterocycles. The molecular weight excluding hydrogens is 256 g/mol. The first-order valence-corrected chi connectivity index (χ1v) is 7.45. The number of hydrogen-bond donors (Lipinski definition) is 0. The second-order valence-electron chi connectivity index (χ2n) is 4.25. The van der Waals surface area contributed by atoms with Gasteiger partial charge in [-0.3, -0.25) is 0 Å². The largest absolute Gasteiger partial charge is 0.493 e. The molecule has 0 fully saturated rings. The molecule has 0 bridgehead atoms. The quantitative estimate of drug-likeness (QED) is 0.606. The van der Waals surface area contributed by atoms with Crippen molar-refractivity contribution in [3.8, 4) is 23.0 Å². The minimum Gasteiger partial charge on any atom is -0.493 e. The summed E-state index contributed by atoms with van der Waals surface area (Å²) in [5.74, 6) is 2.76. The summed E-state index contributed by atoms with van der Waals surface area (Å²) >= 11 is 0. The molecule has 1 aromatic carbocycles. The van der Waals surface area contributed by atoms with Gasteiger partial charge < -0.3 is 18.9 Å². The Bertz CT molecular complexity index is 363. The van der Waals surface area contributed by atoms with Gasteiger partial charge in [-0.25, -0.2) is 0 Å². The summed E-state index contributed by atoms with van der Waals surface area (Å²) in [6, 6.07) is 3.74. The van der Waals surface area contributed by atoms with Crippen LogP contribution in [0.4, 0.5) is 0 Å². The van der Waals surface area contributed by atoms with Gasteiger partial charge in [-0.15, -0.1) is 0 Å². The van der Waals surface area contributed by atoms with E-state index in [1.54, 1.807) is 0 Å². The molecule has 0 aliphatic rings. The van der Waals surface area contributed by atoms with E-state index in [4.69, 9.17) is 18.9 Å². The molecule has 0 unspecified atom stereocenters. The molecule has 20 heavy (non-hydrogen) atoms. The Morgan fingerprint density at radius 1 is 0.750 bits per heavy atom. The first-order valence-electron chi connectivity index (χ1n) is 7.45. The second kappa shape index (κ2) is 9.34. The van der Waals surface area contributed by atoms with Gasteiger partial charge >= 0.3 is 0 Å². The molecule has 0 saturated carbocycles. The topological polar surface area (TPSA) is 36.9 Å². The molecule has 0 aliphatic carbocycles. The predicted molar refractivity (Wildman–Crippen MR) is 80.4 cm³/mol. The summed E-state index contributed by atoms with van der Waals surface area (Å²) in [5, 5.41) is 0. The highest BCUT2D eigenvalue weighted by atomic mass is 16.5. The third-order valence-electron chi connectivity index (χ3n) is 2.65. The number of benzene rings is 1. The Labute approximate surface area is 122 Å². The van der Waals surface area contributed by atoms with Crippen molar-refractivity contribution < 1.29 is 18.9 Å². The Kier molecular flexibility index (Phi) is 7.70. The lowest BCUT2D eigenvalue weighted by atomic mass is 10.2. The van der Waals surface area contributed by atoms with E-state index < -0.39 is 0 Å². The summed E-state index contributed by atoms with van der Waals surface area (Å²) in [6.45, 7) is 10.4. The molecule has 1 rings (SSSR count). The number of unbranched alkanes of at least 4 members (excludes halogenated alkanes) is 1. The van der Waals surface area contributed by atoms with Crippen molar-refractivity contribution in [2.24, 2.45) is 0 Å². The van der Waals surface area contributed by atoms with Crippen molar-refractivity contribution in [3.63, 3.8) is 0 Å².